The van der Waals surface area contributed by atoms with E-state index in [1.54, 1.807) is 0 Å². The fourth-order valence-electron chi connectivity index (χ4n) is 6.84. The monoisotopic (exact) mass is 464 g/mol. The fraction of sp³-hybridized carbons (Fsp3) is 0.0323. The maximum atomic E-state index is 15.3. The van der Waals surface area contributed by atoms with Gasteiger partial charge in [0, 0.05) is 15.9 Å². The van der Waals surface area contributed by atoms with Crippen LogP contribution < -0.4 is 20.3 Å². The van der Waals surface area contributed by atoms with E-state index in [2.05, 4.69) is 119 Å². The van der Waals surface area contributed by atoms with E-state index in [9.17, 15) is 0 Å². The Labute approximate surface area is 206 Å². The van der Waals surface area contributed by atoms with Crippen molar-refractivity contribution in [1.82, 2.24) is 0 Å². The van der Waals surface area contributed by atoms with Crippen LogP contribution in [0.2, 0.25) is 0 Å². The second-order valence-corrected chi connectivity index (χ2v) is 12.7. The van der Waals surface area contributed by atoms with Gasteiger partial charge in [0.25, 0.3) is 0 Å². The molecule has 2 unspecified atom stereocenters. The van der Waals surface area contributed by atoms with Crippen molar-refractivity contribution in [1.29, 1.82) is 0 Å². The summed E-state index contributed by atoms with van der Waals surface area (Å²) in [7, 11) is -2.99. The molecule has 0 N–H and O–H groups in total. The predicted molar refractivity (Wildman–Crippen MR) is 141 cm³/mol. The highest BCUT2D eigenvalue weighted by Crippen LogP contribution is 2.64. The number of benzene rings is 5. The van der Waals surface area contributed by atoms with E-state index in [1.807, 2.05) is 6.07 Å². The van der Waals surface area contributed by atoms with E-state index in [4.69, 9.17) is 0 Å². The Morgan fingerprint density at radius 3 is 2.00 bits per heavy atom. The topological polar surface area (TPSA) is 17.1 Å². The first-order valence-electron chi connectivity index (χ1n) is 11.6. The lowest BCUT2D eigenvalue weighted by molar-refractivity contribution is 0.591. The summed E-state index contributed by atoms with van der Waals surface area (Å²) in [4.78, 5) is 0. The molecule has 3 aliphatic rings. The molecule has 0 fully saturated rings. The first kappa shape index (κ1) is 19.2. The van der Waals surface area contributed by atoms with Crippen LogP contribution in [0.3, 0.4) is 0 Å². The molecule has 1 aliphatic carbocycles. The number of hydrogen-bond acceptors (Lipinski definition) is 1. The fourth-order valence-corrected chi connectivity index (χ4v) is 10.7. The van der Waals surface area contributed by atoms with E-state index in [1.165, 1.54) is 27.8 Å². The minimum atomic E-state index is -2.99. The third-order valence-corrected chi connectivity index (χ3v) is 11.6. The summed E-state index contributed by atoms with van der Waals surface area (Å²) in [5.41, 5.74) is 9.17. The molecule has 0 aromatic heterocycles. The molecule has 2 heterocycles. The zero-order chi connectivity index (χ0) is 22.7. The normalized spacial score (nSPS) is 22.0. The lowest BCUT2D eigenvalue weighted by Crippen LogP contribution is -2.44. The Kier molecular flexibility index (Phi) is 3.55. The van der Waals surface area contributed by atoms with Crippen molar-refractivity contribution in [2.24, 2.45) is 0 Å². The quantitative estimate of drug-likeness (QED) is 0.233. The highest BCUT2D eigenvalue weighted by molar-refractivity contribution is 7.86. The second kappa shape index (κ2) is 6.30. The average molecular weight is 464 g/mol. The number of fused-ring (bicyclic) bond motifs is 12. The summed E-state index contributed by atoms with van der Waals surface area (Å²) >= 11 is 2.87. The van der Waals surface area contributed by atoms with E-state index in [0.29, 0.717) is 0 Å². The Balaban J connectivity index is 1.66. The van der Waals surface area contributed by atoms with Gasteiger partial charge in [-0.05, 0) is 44.5 Å². The van der Waals surface area contributed by atoms with Gasteiger partial charge in [0.2, 0.25) is 0 Å². The molecule has 2 aliphatic heterocycles. The van der Waals surface area contributed by atoms with Crippen LogP contribution in [-0.4, -0.2) is 16.3 Å². The van der Waals surface area contributed by atoms with Crippen LogP contribution in [0.15, 0.2) is 109 Å². The van der Waals surface area contributed by atoms with Gasteiger partial charge in [-0.15, -0.1) is 4.43 Å². The Hall–Kier alpha value is -3.14. The van der Waals surface area contributed by atoms with Crippen molar-refractivity contribution in [2.75, 3.05) is 0 Å². The van der Waals surface area contributed by atoms with Gasteiger partial charge < -0.3 is 4.57 Å². The van der Waals surface area contributed by atoms with Crippen molar-refractivity contribution >= 4 is 43.8 Å². The van der Waals surface area contributed by atoms with Crippen LogP contribution in [0.4, 0.5) is 0 Å². The minimum Gasteiger partial charge on any atom is -0.309 e. The summed E-state index contributed by atoms with van der Waals surface area (Å²) in [6.45, 7) is 0. The van der Waals surface area contributed by atoms with Gasteiger partial charge in [0.1, 0.15) is 0 Å². The van der Waals surface area contributed by atoms with Gasteiger partial charge in [0.05, 0.1) is 5.41 Å². The van der Waals surface area contributed by atoms with Crippen LogP contribution in [0.25, 0.3) is 22.3 Å². The molecule has 0 saturated carbocycles. The molecule has 34 heavy (non-hydrogen) atoms. The highest BCUT2D eigenvalue weighted by atomic mass is 31.2. The van der Waals surface area contributed by atoms with Gasteiger partial charge in [-0.3, -0.25) is 0 Å². The average Bonchev–Trinajstić information content (AvgIpc) is 3.32. The minimum absolute atomic E-state index is 0.490. The highest BCUT2D eigenvalue weighted by Gasteiger charge is 2.57. The molecule has 5 aromatic rings. The van der Waals surface area contributed by atoms with Crippen molar-refractivity contribution in [3.8, 4) is 22.3 Å². The Bertz CT molecular complexity index is 1770. The summed E-state index contributed by atoms with van der Waals surface area (Å²) in [5.74, 6) is 0. The lowest BCUT2D eigenvalue weighted by Gasteiger charge is -2.42. The second-order valence-electron chi connectivity index (χ2n) is 9.45. The van der Waals surface area contributed by atoms with Gasteiger partial charge in [0.15, 0.2) is 23.4 Å². The molecule has 2 atom stereocenters. The van der Waals surface area contributed by atoms with Gasteiger partial charge in [-0.1, -0.05) is 109 Å². The standard InChI is InChI=1S/C31H18OP.Al/c32-33-28-18-7-3-12-22(28)23-13-9-17-27(30(23)33)31(26-16-6-8-19-29(26)33)24-14-4-1-10-20(24)21-11-2-5-15-25(21)31;/h1-4,6-19H;. The van der Waals surface area contributed by atoms with Crippen LogP contribution in [0.5, 0.6) is 0 Å². The van der Waals surface area contributed by atoms with Crippen LogP contribution in [0.1, 0.15) is 22.3 Å². The molecule has 8 rings (SSSR count). The molecule has 5 aromatic carbocycles. The number of hydrogen-bond donors (Lipinski definition) is 0. The van der Waals surface area contributed by atoms with Crippen LogP contribution >= 0.6 is 7.14 Å². The Morgan fingerprint density at radius 1 is 0.529 bits per heavy atom. The van der Waals surface area contributed by atoms with E-state index in [0.717, 1.165) is 37.0 Å². The summed E-state index contributed by atoms with van der Waals surface area (Å²) in [6.07, 6.45) is 0. The third kappa shape index (κ3) is 1.96. The van der Waals surface area contributed by atoms with E-state index < -0.39 is 12.6 Å². The van der Waals surface area contributed by atoms with Gasteiger partial charge >= 0.3 is 0 Å². The maximum Gasteiger partial charge on any atom is 0.175 e. The maximum absolute atomic E-state index is 15.3. The first-order valence-corrected chi connectivity index (χ1v) is 13.9. The molecule has 0 amide bonds. The third-order valence-electron chi connectivity index (χ3n) is 8.00. The van der Waals surface area contributed by atoms with Gasteiger partial charge in [-0.25, -0.2) is 0 Å². The van der Waals surface area contributed by atoms with E-state index >= 15 is 4.57 Å². The summed E-state index contributed by atoms with van der Waals surface area (Å²) in [5, 5.41) is 2.99. The molecule has 0 bridgehead atoms. The summed E-state index contributed by atoms with van der Waals surface area (Å²) in [6, 6.07) is 38.8. The molecule has 156 valence electrons. The lowest BCUT2D eigenvalue weighted by atomic mass is 9.67. The predicted octanol–water partition coefficient (Wildman–Crippen LogP) is 4.78. The van der Waals surface area contributed by atoms with Crippen molar-refractivity contribution < 1.29 is 4.57 Å². The molecule has 3 heteroatoms. The van der Waals surface area contributed by atoms with Gasteiger partial charge in [-0.2, -0.15) is 0 Å². The SMILES string of the molecule is O=P12c3ccccc3-c3cccc(c31)C1(c3ccccc3-c3cc[c]([Al])cc31)c1ccccc12. The largest absolute Gasteiger partial charge is 0.309 e. The van der Waals surface area contributed by atoms with Crippen molar-refractivity contribution in [2.45, 2.75) is 5.41 Å². The Morgan fingerprint density at radius 2 is 1.15 bits per heavy atom. The van der Waals surface area contributed by atoms with Crippen LogP contribution in [0, 0.1) is 0 Å². The molecular formula is C31H18AlOP. The van der Waals surface area contributed by atoms with Crippen molar-refractivity contribution in [3.05, 3.63) is 131 Å². The molecular weight excluding hydrogens is 446 g/mol. The molecule has 0 saturated heterocycles. The smallest absolute Gasteiger partial charge is 0.175 e. The molecule has 1 nitrogen and oxygen atoms in total. The zero-order valence-electron chi connectivity index (χ0n) is 18.3. The van der Waals surface area contributed by atoms with E-state index in [-0.39, 0.29) is 0 Å². The first-order chi connectivity index (χ1) is 16.7. The molecule has 2 radical (unpaired) electrons. The van der Waals surface area contributed by atoms with Crippen molar-refractivity contribution in [3.63, 3.8) is 0 Å². The molecule has 1 spiro atoms. The zero-order valence-corrected chi connectivity index (χ0v) is 20.4. The van der Waals surface area contributed by atoms with Crippen LogP contribution in [-0.2, 0) is 9.98 Å². The number of rotatable bonds is 0. The summed E-state index contributed by atoms with van der Waals surface area (Å²) < 4.78 is 16.5.